The van der Waals surface area contributed by atoms with Crippen LogP contribution in [0.4, 0.5) is 8.78 Å². The number of carbonyl (C=O) groups is 1. The Morgan fingerprint density at radius 2 is 1.70 bits per heavy atom. The number of nitrogens with zero attached hydrogens (tertiary/aromatic N) is 1. The lowest BCUT2D eigenvalue weighted by Crippen LogP contribution is -2.50. The Labute approximate surface area is 193 Å². The van der Waals surface area contributed by atoms with Crippen LogP contribution in [0.15, 0.2) is 54.6 Å². The van der Waals surface area contributed by atoms with Gasteiger partial charge in [-0.3, -0.25) is 4.79 Å². The highest BCUT2D eigenvalue weighted by molar-refractivity contribution is 7.89. The van der Waals surface area contributed by atoms with Crippen LogP contribution in [0.25, 0.3) is 11.1 Å². The lowest BCUT2D eigenvalue weighted by atomic mass is 9.80. The summed E-state index contributed by atoms with van der Waals surface area (Å²) in [5, 5.41) is 5.44. The molecule has 176 valence electrons. The number of nitrogens with two attached hydrogens (primary N) is 1. The molecule has 1 heterocycles. The second-order valence-corrected chi connectivity index (χ2v) is 11.7. The molecule has 0 aromatic heterocycles. The predicted molar refractivity (Wildman–Crippen MR) is 122 cm³/mol. The van der Waals surface area contributed by atoms with Crippen LogP contribution in [0, 0.1) is 17.3 Å². The highest BCUT2D eigenvalue weighted by atomic mass is 32.2. The number of likely N-dealkylation sites (tertiary alicyclic amines) is 1. The van der Waals surface area contributed by atoms with E-state index in [0.29, 0.717) is 13.0 Å². The Morgan fingerprint density at radius 3 is 2.30 bits per heavy atom. The predicted octanol–water partition coefficient (Wildman–Crippen LogP) is 3.84. The number of sulfonamides is 1. The van der Waals surface area contributed by atoms with E-state index in [-0.39, 0.29) is 29.0 Å². The number of rotatable bonds is 6. The molecule has 33 heavy (non-hydrogen) atoms. The van der Waals surface area contributed by atoms with Crippen LogP contribution < -0.4 is 5.14 Å². The molecule has 2 N–H and O–H groups in total. The fourth-order valence-corrected chi connectivity index (χ4v) is 6.82. The highest BCUT2D eigenvalue weighted by Crippen LogP contribution is 2.60. The minimum absolute atomic E-state index is 0.194. The largest absolute Gasteiger partial charge is 0.338 e. The molecule has 2 aromatic rings. The van der Waals surface area contributed by atoms with E-state index in [2.05, 4.69) is 6.07 Å². The first-order valence-corrected chi connectivity index (χ1v) is 13.1. The van der Waals surface area contributed by atoms with E-state index in [1.54, 1.807) is 4.90 Å². The van der Waals surface area contributed by atoms with Crippen molar-refractivity contribution in [1.82, 2.24) is 4.90 Å². The maximum Gasteiger partial charge on any atom is 0.249 e. The Morgan fingerprint density at radius 1 is 1.03 bits per heavy atom. The molecule has 5 rings (SSSR count). The van der Waals surface area contributed by atoms with E-state index in [4.69, 9.17) is 5.14 Å². The standard InChI is InChI=1S/C25H28F2N2O3S/c26-25(27)13-20(14-25)23(30)29-16-24(9-10-24)21(15-33(28,31)32)22(29)12-17-5-4-8-19(11-17)18-6-2-1-3-7-18/h1-8,11,20-22H,9-10,12-16H2,(H2,28,31,32). The molecule has 1 amide bonds. The summed E-state index contributed by atoms with van der Waals surface area (Å²) < 4.78 is 51.1. The van der Waals surface area contributed by atoms with Crippen LogP contribution in [0.1, 0.15) is 31.2 Å². The van der Waals surface area contributed by atoms with Crippen LogP contribution >= 0.6 is 0 Å². The van der Waals surface area contributed by atoms with E-state index in [9.17, 15) is 22.0 Å². The van der Waals surface area contributed by atoms with Crippen LogP contribution in [0.5, 0.6) is 0 Å². The number of amides is 1. The highest BCUT2D eigenvalue weighted by Gasteiger charge is 2.62. The molecule has 2 unspecified atom stereocenters. The fourth-order valence-electron chi connectivity index (χ4n) is 5.74. The molecule has 0 bridgehead atoms. The van der Waals surface area contributed by atoms with Gasteiger partial charge in [-0.1, -0.05) is 54.6 Å². The Balaban J connectivity index is 1.45. The molecule has 2 saturated carbocycles. The summed E-state index contributed by atoms with van der Waals surface area (Å²) in [6.45, 7) is 0.428. The molecule has 1 spiro atoms. The monoisotopic (exact) mass is 474 g/mol. The van der Waals surface area contributed by atoms with Crippen molar-refractivity contribution in [2.45, 2.75) is 44.1 Å². The Kier molecular flexibility index (Phi) is 5.36. The number of primary sulfonamides is 1. The van der Waals surface area contributed by atoms with E-state index in [0.717, 1.165) is 29.5 Å². The van der Waals surface area contributed by atoms with E-state index in [1.165, 1.54) is 0 Å². The van der Waals surface area contributed by atoms with Gasteiger partial charge < -0.3 is 4.90 Å². The smallest absolute Gasteiger partial charge is 0.249 e. The summed E-state index contributed by atoms with van der Waals surface area (Å²) in [6, 6.07) is 17.5. The number of carbonyl (C=O) groups excluding carboxylic acids is 1. The van der Waals surface area contributed by atoms with Crippen molar-refractivity contribution in [2.75, 3.05) is 12.3 Å². The zero-order valence-electron chi connectivity index (χ0n) is 18.3. The third kappa shape index (κ3) is 4.55. The lowest BCUT2D eigenvalue weighted by molar-refractivity contribution is -0.160. The maximum atomic E-state index is 13.5. The van der Waals surface area contributed by atoms with Crippen LogP contribution in [-0.4, -0.2) is 43.5 Å². The topological polar surface area (TPSA) is 80.5 Å². The van der Waals surface area contributed by atoms with Crippen molar-refractivity contribution < 1.29 is 22.0 Å². The van der Waals surface area contributed by atoms with Crippen molar-refractivity contribution in [2.24, 2.45) is 22.4 Å². The van der Waals surface area contributed by atoms with Gasteiger partial charge in [0.2, 0.25) is 21.9 Å². The number of alkyl halides is 2. The molecule has 2 aromatic carbocycles. The maximum absolute atomic E-state index is 13.5. The zero-order valence-corrected chi connectivity index (χ0v) is 19.1. The first-order chi connectivity index (χ1) is 15.6. The summed E-state index contributed by atoms with van der Waals surface area (Å²) in [5.74, 6) is -4.23. The van der Waals surface area contributed by atoms with E-state index >= 15 is 0 Å². The summed E-state index contributed by atoms with van der Waals surface area (Å²) in [7, 11) is -3.75. The third-order valence-corrected chi connectivity index (χ3v) is 8.47. The number of halogens is 2. The summed E-state index contributed by atoms with van der Waals surface area (Å²) >= 11 is 0. The van der Waals surface area contributed by atoms with Gasteiger partial charge >= 0.3 is 0 Å². The zero-order chi connectivity index (χ0) is 23.4. The molecule has 8 heteroatoms. The third-order valence-electron chi connectivity index (χ3n) is 7.64. The van der Waals surface area contributed by atoms with Gasteiger partial charge in [0.25, 0.3) is 0 Å². The summed E-state index contributed by atoms with van der Waals surface area (Å²) in [5.41, 5.74) is 2.81. The first-order valence-electron chi connectivity index (χ1n) is 11.4. The molecule has 3 aliphatic rings. The van der Waals surface area contributed by atoms with Crippen molar-refractivity contribution in [1.29, 1.82) is 0 Å². The molecule has 0 radical (unpaired) electrons. The lowest BCUT2D eigenvalue weighted by Gasteiger charge is -2.38. The van der Waals surface area contributed by atoms with Crippen molar-refractivity contribution >= 4 is 15.9 Å². The molecular formula is C25H28F2N2O3S. The number of hydrogen-bond donors (Lipinski definition) is 1. The van der Waals surface area contributed by atoms with Crippen LogP contribution in [0.2, 0.25) is 0 Å². The molecule has 1 saturated heterocycles. The normalized spacial score (nSPS) is 25.7. The second-order valence-electron chi connectivity index (χ2n) is 10.1. The van der Waals surface area contributed by atoms with E-state index in [1.807, 2.05) is 48.5 Å². The molecule has 1 aliphatic heterocycles. The Hall–Kier alpha value is -2.32. The van der Waals surface area contributed by atoms with E-state index < -0.39 is 34.7 Å². The minimum Gasteiger partial charge on any atom is -0.338 e. The molecule has 2 aliphatic carbocycles. The quantitative estimate of drug-likeness (QED) is 0.691. The minimum atomic E-state index is -3.75. The van der Waals surface area contributed by atoms with Gasteiger partial charge in [-0.25, -0.2) is 22.3 Å². The molecule has 5 nitrogen and oxygen atoms in total. The van der Waals surface area contributed by atoms with Gasteiger partial charge in [0.05, 0.1) is 5.75 Å². The number of benzene rings is 2. The fraction of sp³-hybridized carbons (Fsp3) is 0.480. The Bertz CT molecular complexity index is 1160. The van der Waals surface area contributed by atoms with Crippen LogP contribution in [-0.2, 0) is 21.2 Å². The van der Waals surface area contributed by atoms with Gasteiger partial charge in [0.1, 0.15) is 0 Å². The molecule has 3 fully saturated rings. The second kappa shape index (κ2) is 7.87. The van der Waals surface area contributed by atoms with Gasteiger partial charge in [0.15, 0.2) is 0 Å². The number of hydrogen-bond acceptors (Lipinski definition) is 3. The SMILES string of the molecule is NS(=O)(=O)CC1C(Cc2cccc(-c3ccccc3)c2)N(C(=O)C2CC(F)(F)C2)CC12CC2. The van der Waals surface area contributed by atoms with Gasteiger partial charge in [-0.2, -0.15) is 0 Å². The van der Waals surface area contributed by atoms with Crippen LogP contribution in [0.3, 0.4) is 0 Å². The van der Waals surface area contributed by atoms with Gasteiger partial charge in [0, 0.05) is 37.3 Å². The van der Waals surface area contributed by atoms with Crippen molar-refractivity contribution in [3.8, 4) is 11.1 Å². The summed E-state index contributed by atoms with van der Waals surface area (Å²) in [4.78, 5) is 14.9. The van der Waals surface area contributed by atoms with Crippen molar-refractivity contribution in [3.05, 3.63) is 60.2 Å². The molecular weight excluding hydrogens is 446 g/mol. The van der Waals surface area contributed by atoms with Gasteiger partial charge in [-0.05, 0) is 41.4 Å². The average molecular weight is 475 g/mol. The average Bonchev–Trinajstić information content (AvgIpc) is 3.47. The van der Waals surface area contributed by atoms with Crippen molar-refractivity contribution in [3.63, 3.8) is 0 Å². The molecule has 2 atom stereocenters. The summed E-state index contributed by atoms with van der Waals surface area (Å²) in [6.07, 6.45) is 1.28. The first kappa shape index (κ1) is 22.5. The van der Waals surface area contributed by atoms with Gasteiger partial charge in [-0.15, -0.1) is 0 Å².